The largest absolute Gasteiger partial charge is 0.416 e. The molecule has 0 bridgehead atoms. The maximum Gasteiger partial charge on any atom is 0.416 e. The van der Waals surface area contributed by atoms with Crippen molar-refractivity contribution in [3.05, 3.63) is 58.3 Å². The summed E-state index contributed by atoms with van der Waals surface area (Å²) in [5.74, 6) is -0.794. The summed E-state index contributed by atoms with van der Waals surface area (Å²) >= 11 is 1.84. The van der Waals surface area contributed by atoms with Gasteiger partial charge in [0.25, 0.3) is 5.69 Å². The molecule has 29 heavy (non-hydrogen) atoms. The molecule has 0 aliphatic rings. The molecular weight excluding hydrogens is 431 g/mol. The fourth-order valence-corrected chi connectivity index (χ4v) is 3.66. The highest BCUT2D eigenvalue weighted by atomic mass is 32.2. The highest BCUT2D eigenvalue weighted by Crippen LogP contribution is 2.36. The van der Waals surface area contributed by atoms with E-state index in [1.807, 2.05) is 0 Å². The number of nitro benzene ring substituents is 1. The number of amides is 1. The predicted octanol–water partition coefficient (Wildman–Crippen LogP) is 4.26. The number of nitrogens with zero attached hydrogens (tertiary/aromatic N) is 4. The first kappa shape index (κ1) is 20.7. The molecule has 0 atom stereocenters. The number of aromatic nitrogens is 3. The minimum atomic E-state index is -4.70. The van der Waals surface area contributed by atoms with Crippen molar-refractivity contribution in [3.63, 3.8) is 0 Å². The third-order valence-corrected chi connectivity index (χ3v) is 5.32. The molecule has 1 N–H and O–H groups in total. The second-order valence-electron chi connectivity index (χ2n) is 5.40. The normalized spacial score (nSPS) is 11.3. The number of carbonyl (C=O) groups excluding carboxylic acids is 1. The zero-order chi connectivity index (χ0) is 21.0. The lowest BCUT2D eigenvalue weighted by Crippen LogP contribution is -2.14. The molecule has 150 valence electrons. The highest BCUT2D eigenvalue weighted by molar-refractivity contribution is 8.00. The van der Waals surface area contributed by atoms with Crippen LogP contribution in [0.1, 0.15) is 5.56 Å². The van der Waals surface area contributed by atoms with Crippen LogP contribution in [-0.4, -0.2) is 31.8 Å². The van der Waals surface area contributed by atoms with Gasteiger partial charge >= 0.3 is 6.18 Å². The van der Waals surface area contributed by atoms with Gasteiger partial charge in [-0.2, -0.15) is 13.2 Å². The van der Waals surface area contributed by atoms with Crippen LogP contribution in [0.4, 0.5) is 24.0 Å². The van der Waals surface area contributed by atoms with E-state index in [1.165, 1.54) is 0 Å². The SMILES string of the molecule is O=C(CSc1ccc(C(F)(F)F)cc1[N+](=O)[O-])Nc1nnc(-c2ccccn2)s1. The number of pyridine rings is 1. The van der Waals surface area contributed by atoms with Crippen molar-refractivity contribution in [1.29, 1.82) is 0 Å². The van der Waals surface area contributed by atoms with Gasteiger partial charge < -0.3 is 0 Å². The van der Waals surface area contributed by atoms with Crippen LogP contribution in [0, 0.1) is 10.1 Å². The molecule has 0 saturated carbocycles. The van der Waals surface area contributed by atoms with Crippen molar-refractivity contribution in [2.24, 2.45) is 0 Å². The van der Waals surface area contributed by atoms with E-state index in [0.29, 0.717) is 16.8 Å². The fraction of sp³-hybridized carbons (Fsp3) is 0.125. The number of hydrogen-bond acceptors (Lipinski definition) is 8. The van der Waals surface area contributed by atoms with Crippen LogP contribution in [0.15, 0.2) is 47.5 Å². The van der Waals surface area contributed by atoms with Gasteiger partial charge in [0, 0.05) is 12.3 Å². The van der Waals surface area contributed by atoms with Gasteiger partial charge in [-0.1, -0.05) is 17.4 Å². The Morgan fingerprint density at radius 2 is 2.03 bits per heavy atom. The maximum absolute atomic E-state index is 12.7. The minimum absolute atomic E-state index is 0.0513. The average molecular weight is 441 g/mol. The van der Waals surface area contributed by atoms with Crippen molar-refractivity contribution in [1.82, 2.24) is 15.2 Å². The Labute approximate surface area is 169 Å². The third-order valence-electron chi connectivity index (χ3n) is 3.40. The number of carbonyl (C=O) groups is 1. The molecule has 0 aliphatic carbocycles. The maximum atomic E-state index is 12.7. The highest BCUT2D eigenvalue weighted by Gasteiger charge is 2.33. The molecule has 0 fully saturated rings. The second kappa shape index (κ2) is 8.53. The topological polar surface area (TPSA) is 111 Å². The summed E-state index contributed by atoms with van der Waals surface area (Å²) in [5, 5.41) is 22.0. The number of anilines is 1. The van der Waals surface area contributed by atoms with Crippen LogP contribution in [-0.2, 0) is 11.0 Å². The standard InChI is InChI=1S/C16H10F3N5O3S2/c17-16(18,19)9-4-5-12(11(7-9)24(26)27)28-8-13(25)21-15-23-22-14(29-15)10-3-1-2-6-20-10/h1-7H,8H2,(H,21,23,25). The van der Waals surface area contributed by atoms with Gasteiger partial charge in [-0.15, -0.1) is 22.0 Å². The quantitative estimate of drug-likeness (QED) is 0.346. The van der Waals surface area contributed by atoms with Gasteiger partial charge in [0.2, 0.25) is 11.0 Å². The molecule has 13 heteroatoms. The van der Waals surface area contributed by atoms with E-state index in [0.717, 1.165) is 35.2 Å². The van der Waals surface area contributed by atoms with Crippen LogP contribution in [0.2, 0.25) is 0 Å². The van der Waals surface area contributed by atoms with Gasteiger partial charge in [0.15, 0.2) is 5.01 Å². The molecule has 3 rings (SSSR count). The Kier molecular flexibility index (Phi) is 6.08. The lowest BCUT2D eigenvalue weighted by molar-refractivity contribution is -0.388. The molecule has 8 nitrogen and oxygen atoms in total. The van der Waals surface area contributed by atoms with E-state index in [2.05, 4.69) is 20.5 Å². The van der Waals surface area contributed by atoms with Crippen molar-refractivity contribution < 1.29 is 22.9 Å². The number of thioether (sulfide) groups is 1. The zero-order valence-corrected chi connectivity index (χ0v) is 15.8. The minimum Gasteiger partial charge on any atom is -0.300 e. The molecule has 0 spiro atoms. The number of alkyl halides is 3. The zero-order valence-electron chi connectivity index (χ0n) is 14.2. The van der Waals surface area contributed by atoms with Gasteiger partial charge in [-0.3, -0.25) is 25.2 Å². The molecule has 2 heterocycles. The van der Waals surface area contributed by atoms with Crippen LogP contribution in [0.5, 0.6) is 0 Å². The first-order valence-electron chi connectivity index (χ1n) is 7.77. The lowest BCUT2D eigenvalue weighted by Gasteiger charge is -2.08. The molecule has 0 aliphatic heterocycles. The van der Waals surface area contributed by atoms with Crippen LogP contribution >= 0.6 is 23.1 Å². The summed E-state index contributed by atoms with van der Waals surface area (Å²) < 4.78 is 38.2. The first-order valence-corrected chi connectivity index (χ1v) is 9.57. The molecule has 0 unspecified atom stereocenters. The molecular formula is C16H10F3N5O3S2. The van der Waals surface area contributed by atoms with Crippen molar-refractivity contribution in [3.8, 4) is 10.7 Å². The molecule has 1 amide bonds. The monoisotopic (exact) mass is 441 g/mol. The summed E-state index contributed by atoms with van der Waals surface area (Å²) in [6.45, 7) is 0. The Bertz CT molecular complexity index is 1040. The molecule has 1 aromatic carbocycles. The van der Waals surface area contributed by atoms with Crippen molar-refractivity contribution >= 4 is 39.8 Å². The van der Waals surface area contributed by atoms with Gasteiger partial charge in [0.1, 0.15) is 5.69 Å². The Morgan fingerprint density at radius 1 is 1.24 bits per heavy atom. The van der Waals surface area contributed by atoms with Crippen LogP contribution in [0.25, 0.3) is 10.7 Å². The molecule has 3 aromatic rings. The average Bonchev–Trinajstić information content (AvgIpc) is 3.14. The van der Waals surface area contributed by atoms with Crippen LogP contribution < -0.4 is 5.32 Å². The van der Waals surface area contributed by atoms with E-state index in [-0.39, 0.29) is 15.8 Å². The van der Waals surface area contributed by atoms with E-state index in [9.17, 15) is 28.1 Å². The first-order chi connectivity index (χ1) is 13.7. The number of rotatable bonds is 6. The summed E-state index contributed by atoms with van der Waals surface area (Å²) in [6.07, 6.45) is -3.11. The number of nitrogens with one attached hydrogen (secondary N) is 1. The van der Waals surface area contributed by atoms with Crippen LogP contribution in [0.3, 0.4) is 0 Å². The summed E-state index contributed by atoms with van der Waals surface area (Å²) in [5.41, 5.74) is -1.26. The van der Waals surface area contributed by atoms with Crippen molar-refractivity contribution in [2.45, 2.75) is 11.1 Å². The Balaban J connectivity index is 1.65. The van der Waals surface area contributed by atoms with Gasteiger partial charge in [-0.25, -0.2) is 0 Å². The van der Waals surface area contributed by atoms with E-state index >= 15 is 0 Å². The summed E-state index contributed by atoms with van der Waals surface area (Å²) in [6, 6.07) is 7.40. The van der Waals surface area contributed by atoms with Crippen molar-refractivity contribution in [2.75, 3.05) is 11.1 Å². The summed E-state index contributed by atoms with van der Waals surface area (Å²) in [7, 11) is 0. The number of halogens is 3. The Morgan fingerprint density at radius 3 is 2.69 bits per heavy atom. The van der Waals surface area contributed by atoms with E-state index < -0.39 is 28.3 Å². The smallest absolute Gasteiger partial charge is 0.300 e. The Hall–Kier alpha value is -3.06. The summed E-state index contributed by atoms with van der Waals surface area (Å²) in [4.78, 5) is 26.3. The van der Waals surface area contributed by atoms with E-state index in [4.69, 9.17) is 0 Å². The van der Waals surface area contributed by atoms with E-state index in [1.54, 1.807) is 24.4 Å². The van der Waals surface area contributed by atoms with Gasteiger partial charge in [-0.05, 0) is 24.3 Å². The van der Waals surface area contributed by atoms with Gasteiger partial charge in [0.05, 0.1) is 21.1 Å². The fourth-order valence-electron chi connectivity index (χ4n) is 2.12. The number of benzene rings is 1. The molecule has 2 aromatic heterocycles. The molecule has 0 saturated heterocycles. The third kappa shape index (κ3) is 5.26. The lowest BCUT2D eigenvalue weighted by atomic mass is 10.2. The number of nitro groups is 1. The number of hydrogen-bond donors (Lipinski definition) is 1. The molecule has 0 radical (unpaired) electrons. The predicted molar refractivity (Wildman–Crippen MR) is 101 cm³/mol. The second-order valence-corrected chi connectivity index (χ2v) is 7.40.